The standard InChI is InChI=1S/C25H35N5O4/c1-16(29-23(32)20-13-19(14-27-20)17-7-5-4-6-8-17)22(31)28-15-25(2)11-9-18(10-12-25)21(26)30-24(33)34-3/h4-7,9-11,16-17,19-20,27H,8,12-15H2,1-3H3,(H,28,31)(H,29,32)(H2,26,30,33)/t16-,17?,19-,20+,25?/m0/s1. The first-order valence-electron chi connectivity index (χ1n) is 11.7. The number of methoxy groups -OCH3 is 1. The molecule has 1 aliphatic heterocycles. The highest BCUT2D eigenvalue weighted by Gasteiger charge is 2.34. The van der Waals surface area contributed by atoms with E-state index in [1.54, 1.807) is 13.0 Å². The van der Waals surface area contributed by atoms with Gasteiger partial charge in [0.25, 0.3) is 0 Å². The summed E-state index contributed by atoms with van der Waals surface area (Å²) >= 11 is 0. The summed E-state index contributed by atoms with van der Waals surface area (Å²) in [6, 6.07) is -0.929. The number of ether oxygens (including phenoxy) is 1. The zero-order valence-electron chi connectivity index (χ0n) is 20.0. The van der Waals surface area contributed by atoms with Gasteiger partial charge in [0.1, 0.15) is 11.9 Å². The van der Waals surface area contributed by atoms with E-state index in [4.69, 9.17) is 5.41 Å². The van der Waals surface area contributed by atoms with E-state index in [1.165, 1.54) is 7.11 Å². The minimum Gasteiger partial charge on any atom is -0.453 e. The molecule has 1 saturated heterocycles. The predicted molar refractivity (Wildman–Crippen MR) is 130 cm³/mol. The molecule has 0 aromatic rings. The topological polar surface area (TPSA) is 132 Å². The van der Waals surface area contributed by atoms with Crippen LogP contribution < -0.4 is 21.3 Å². The van der Waals surface area contributed by atoms with Crippen LogP contribution in [0.3, 0.4) is 0 Å². The van der Waals surface area contributed by atoms with Gasteiger partial charge >= 0.3 is 6.09 Å². The van der Waals surface area contributed by atoms with Crippen molar-refractivity contribution in [2.45, 2.75) is 45.2 Å². The van der Waals surface area contributed by atoms with Gasteiger partial charge in [-0.05, 0) is 44.6 Å². The number of carbonyl (C=O) groups excluding carboxylic acids is 3. The molecule has 3 amide bonds. The lowest BCUT2D eigenvalue weighted by atomic mass is 9.81. The molecule has 184 valence electrons. The second-order valence-electron chi connectivity index (χ2n) is 9.46. The van der Waals surface area contributed by atoms with Crippen LogP contribution in [0.4, 0.5) is 4.79 Å². The minimum absolute atomic E-state index is 0.0377. The summed E-state index contributed by atoms with van der Waals surface area (Å²) in [7, 11) is 1.24. The molecule has 0 aromatic carbocycles. The first-order chi connectivity index (χ1) is 16.2. The van der Waals surface area contributed by atoms with E-state index in [-0.39, 0.29) is 29.1 Å². The lowest BCUT2D eigenvalue weighted by Gasteiger charge is -2.29. The van der Waals surface area contributed by atoms with Crippen LogP contribution >= 0.6 is 0 Å². The van der Waals surface area contributed by atoms with E-state index in [9.17, 15) is 14.4 Å². The van der Waals surface area contributed by atoms with E-state index in [0.29, 0.717) is 30.4 Å². The molecular weight excluding hydrogens is 434 g/mol. The van der Waals surface area contributed by atoms with Crippen LogP contribution in [0, 0.1) is 22.7 Å². The molecule has 2 unspecified atom stereocenters. The Morgan fingerprint density at radius 3 is 2.76 bits per heavy atom. The molecule has 3 rings (SSSR count). The fraction of sp³-hybridized carbons (Fsp3) is 0.520. The highest BCUT2D eigenvalue weighted by Crippen LogP contribution is 2.29. The van der Waals surface area contributed by atoms with Crippen molar-refractivity contribution in [2.24, 2.45) is 17.3 Å². The van der Waals surface area contributed by atoms with Gasteiger partial charge in [-0.25, -0.2) is 4.79 Å². The Bertz CT molecular complexity index is 938. The fourth-order valence-electron chi connectivity index (χ4n) is 4.37. The lowest BCUT2D eigenvalue weighted by molar-refractivity contribution is -0.129. The van der Waals surface area contributed by atoms with Crippen molar-refractivity contribution in [3.8, 4) is 0 Å². The molecule has 34 heavy (non-hydrogen) atoms. The van der Waals surface area contributed by atoms with Gasteiger partial charge in [-0.1, -0.05) is 49.5 Å². The number of hydrogen-bond acceptors (Lipinski definition) is 6. The average molecular weight is 470 g/mol. The van der Waals surface area contributed by atoms with Crippen LogP contribution in [0.1, 0.15) is 33.1 Å². The van der Waals surface area contributed by atoms with E-state index in [1.807, 2.05) is 19.1 Å². The maximum Gasteiger partial charge on any atom is 0.412 e. The van der Waals surface area contributed by atoms with Gasteiger partial charge in [0.05, 0.1) is 13.2 Å². The minimum atomic E-state index is -0.692. The van der Waals surface area contributed by atoms with Gasteiger partial charge in [0.2, 0.25) is 11.8 Å². The summed E-state index contributed by atoms with van der Waals surface area (Å²) in [5, 5.41) is 19.3. The predicted octanol–water partition coefficient (Wildman–Crippen LogP) is 1.94. The lowest BCUT2D eigenvalue weighted by Crippen LogP contribution is -2.51. The second kappa shape index (κ2) is 11.3. The molecule has 0 radical (unpaired) electrons. The molecule has 1 fully saturated rings. The molecule has 0 bridgehead atoms. The molecular formula is C25H35N5O4. The smallest absolute Gasteiger partial charge is 0.412 e. The van der Waals surface area contributed by atoms with Gasteiger partial charge in [-0.2, -0.15) is 0 Å². The highest BCUT2D eigenvalue weighted by molar-refractivity contribution is 6.06. The molecule has 0 spiro atoms. The third kappa shape index (κ3) is 6.66. The Morgan fingerprint density at radius 1 is 1.32 bits per heavy atom. The average Bonchev–Trinajstić information content (AvgIpc) is 3.34. The summed E-state index contributed by atoms with van der Waals surface area (Å²) in [5.41, 5.74) is 0.244. The molecule has 3 aliphatic rings. The van der Waals surface area contributed by atoms with E-state index < -0.39 is 12.1 Å². The Hall–Kier alpha value is -3.20. The number of carbonyl (C=O) groups is 3. The van der Waals surface area contributed by atoms with Crippen molar-refractivity contribution in [2.75, 3.05) is 20.2 Å². The molecule has 1 heterocycles. The normalized spacial score (nSPS) is 28.6. The van der Waals surface area contributed by atoms with Crippen molar-refractivity contribution in [3.05, 3.63) is 48.1 Å². The molecule has 0 saturated carbocycles. The Kier molecular flexibility index (Phi) is 8.44. The molecule has 9 heteroatoms. The van der Waals surface area contributed by atoms with Gasteiger partial charge < -0.3 is 20.7 Å². The zero-order chi connectivity index (χ0) is 24.7. The third-order valence-corrected chi connectivity index (χ3v) is 6.67. The summed E-state index contributed by atoms with van der Waals surface area (Å²) < 4.78 is 4.50. The summed E-state index contributed by atoms with van der Waals surface area (Å²) in [6.07, 6.45) is 15.6. The van der Waals surface area contributed by atoms with Crippen LogP contribution in [-0.4, -0.2) is 56.0 Å². The maximum atomic E-state index is 12.7. The molecule has 5 N–H and O–H groups in total. The van der Waals surface area contributed by atoms with Crippen molar-refractivity contribution < 1.29 is 19.1 Å². The van der Waals surface area contributed by atoms with Crippen LogP contribution in [0.25, 0.3) is 0 Å². The number of amidine groups is 1. The van der Waals surface area contributed by atoms with Crippen molar-refractivity contribution >= 4 is 23.7 Å². The first kappa shape index (κ1) is 25.4. The van der Waals surface area contributed by atoms with Crippen LogP contribution in [0.15, 0.2) is 48.1 Å². The number of nitrogens with one attached hydrogen (secondary N) is 5. The number of rotatable bonds is 7. The molecule has 9 nitrogen and oxygen atoms in total. The number of hydrogen-bond donors (Lipinski definition) is 5. The molecule has 2 aliphatic carbocycles. The van der Waals surface area contributed by atoms with Gasteiger partial charge in [0, 0.05) is 17.5 Å². The van der Waals surface area contributed by atoms with Crippen molar-refractivity contribution in [1.82, 2.24) is 21.3 Å². The first-order valence-corrected chi connectivity index (χ1v) is 11.7. The SMILES string of the molecule is COC(=O)NC(=N)C1=CCC(C)(CNC(=O)[C@H](C)NC(=O)[C@H]2C[C@H](C3C=CC=CC3)CN2)C=C1. The number of amides is 3. The Labute approximate surface area is 200 Å². The van der Waals surface area contributed by atoms with Gasteiger partial charge in [-0.3, -0.25) is 20.3 Å². The number of alkyl carbamates (subject to hydrolysis) is 1. The molecule has 0 aromatic heterocycles. The van der Waals surface area contributed by atoms with Crippen LogP contribution in [0.5, 0.6) is 0 Å². The maximum absolute atomic E-state index is 12.7. The van der Waals surface area contributed by atoms with Crippen molar-refractivity contribution in [1.29, 1.82) is 5.41 Å². The summed E-state index contributed by atoms with van der Waals surface area (Å²) in [4.78, 5) is 36.6. The van der Waals surface area contributed by atoms with Crippen LogP contribution in [0.2, 0.25) is 0 Å². The third-order valence-electron chi connectivity index (χ3n) is 6.67. The Balaban J connectivity index is 1.42. The van der Waals surface area contributed by atoms with E-state index in [2.05, 4.69) is 50.3 Å². The van der Waals surface area contributed by atoms with E-state index >= 15 is 0 Å². The quantitative estimate of drug-likeness (QED) is 0.287. The Morgan fingerprint density at radius 2 is 2.12 bits per heavy atom. The zero-order valence-corrected chi connectivity index (χ0v) is 20.0. The fourth-order valence-corrected chi connectivity index (χ4v) is 4.37. The highest BCUT2D eigenvalue weighted by atomic mass is 16.5. The van der Waals surface area contributed by atoms with Gasteiger partial charge in [0.15, 0.2) is 0 Å². The monoisotopic (exact) mass is 469 g/mol. The van der Waals surface area contributed by atoms with E-state index in [0.717, 1.165) is 19.4 Å². The summed E-state index contributed by atoms with van der Waals surface area (Å²) in [5.74, 6) is 0.446. The largest absolute Gasteiger partial charge is 0.453 e. The van der Waals surface area contributed by atoms with Crippen LogP contribution in [-0.2, 0) is 14.3 Å². The van der Waals surface area contributed by atoms with Gasteiger partial charge in [-0.15, -0.1) is 0 Å². The number of allylic oxidation sites excluding steroid dienone is 5. The summed E-state index contributed by atoms with van der Waals surface area (Å²) in [6.45, 7) is 4.87. The second-order valence-corrected chi connectivity index (χ2v) is 9.46. The van der Waals surface area contributed by atoms with Crippen molar-refractivity contribution in [3.63, 3.8) is 0 Å². The molecule has 5 atom stereocenters.